The van der Waals surface area contributed by atoms with Gasteiger partial charge in [-0.2, -0.15) is 5.10 Å². The highest BCUT2D eigenvalue weighted by Gasteiger charge is 2.23. The molecule has 0 radical (unpaired) electrons. The van der Waals surface area contributed by atoms with Gasteiger partial charge in [-0.25, -0.2) is 8.42 Å². The standard InChI is InChI=1S/C11H18N4O5S/c16-11(8-14-7-10(5-13-14)15(17)18)6-12-9-1-3-21(19,20)4-2-9/h5,7,9,11-12,16H,1-4,6,8H2. The summed E-state index contributed by atoms with van der Waals surface area (Å²) in [5, 5.41) is 27.3. The number of sulfone groups is 1. The van der Waals surface area contributed by atoms with Crippen LogP contribution in [0.25, 0.3) is 0 Å². The van der Waals surface area contributed by atoms with Crippen molar-refractivity contribution >= 4 is 15.5 Å². The van der Waals surface area contributed by atoms with E-state index in [0.29, 0.717) is 19.4 Å². The highest BCUT2D eigenvalue weighted by Crippen LogP contribution is 2.12. The van der Waals surface area contributed by atoms with Crippen molar-refractivity contribution in [3.8, 4) is 0 Å². The second kappa shape index (κ2) is 6.50. The average Bonchev–Trinajstić information content (AvgIpc) is 2.86. The molecule has 1 saturated heterocycles. The van der Waals surface area contributed by atoms with Crippen LogP contribution in [0.4, 0.5) is 5.69 Å². The van der Waals surface area contributed by atoms with E-state index in [0.717, 1.165) is 6.20 Å². The van der Waals surface area contributed by atoms with E-state index in [-0.39, 0.29) is 29.8 Å². The van der Waals surface area contributed by atoms with Crippen LogP contribution in [0, 0.1) is 10.1 Å². The number of nitrogens with one attached hydrogen (secondary N) is 1. The average molecular weight is 318 g/mol. The Labute approximate surface area is 122 Å². The minimum atomic E-state index is -2.89. The van der Waals surface area contributed by atoms with Crippen LogP contribution in [-0.4, -0.2) is 58.4 Å². The summed E-state index contributed by atoms with van der Waals surface area (Å²) in [7, 11) is -2.89. The molecule has 1 fully saturated rings. The Morgan fingerprint density at radius 3 is 2.76 bits per heavy atom. The fourth-order valence-electron chi connectivity index (χ4n) is 2.22. The van der Waals surface area contributed by atoms with Crippen molar-refractivity contribution in [1.82, 2.24) is 15.1 Å². The largest absolute Gasteiger partial charge is 0.390 e. The number of aliphatic hydroxyl groups excluding tert-OH is 1. The molecule has 9 nitrogen and oxygen atoms in total. The lowest BCUT2D eigenvalue weighted by Crippen LogP contribution is -2.41. The van der Waals surface area contributed by atoms with Gasteiger partial charge in [-0.15, -0.1) is 0 Å². The van der Waals surface area contributed by atoms with Crippen LogP contribution >= 0.6 is 0 Å². The normalized spacial score (nSPS) is 20.2. The number of hydrogen-bond donors (Lipinski definition) is 2. The highest BCUT2D eigenvalue weighted by molar-refractivity contribution is 7.91. The first kappa shape index (κ1) is 15.9. The fourth-order valence-corrected chi connectivity index (χ4v) is 3.72. The van der Waals surface area contributed by atoms with Gasteiger partial charge in [0, 0.05) is 12.6 Å². The van der Waals surface area contributed by atoms with Crippen molar-refractivity contribution in [1.29, 1.82) is 0 Å². The number of hydrogen-bond acceptors (Lipinski definition) is 7. The topological polar surface area (TPSA) is 127 Å². The zero-order valence-electron chi connectivity index (χ0n) is 11.4. The van der Waals surface area contributed by atoms with Gasteiger partial charge >= 0.3 is 5.69 Å². The van der Waals surface area contributed by atoms with Gasteiger partial charge in [-0.05, 0) is 12.8 Å². The van der Waals surface area contributed by atoms with Crippen LogP contribution in [0.1, 0.15) is 12.8 Å². The molecule has 1 atom stereocenters. The molecule has 118 valence electrons. The van der Waals surface area contributed by atoms with Crippen LogP contribution in [0.15, 0.2) is 12.4 Å². The Hall–Kier alpha value is -1.52. The molecular weight excluding hydrogens is 300 g/mol. The molecule has 1 aromatic heterocycles. The molecule has 10 heteroatoms. The van der Waals surface area contributed by atoms with Crippen molar-refractivity contribution in [3.05, 3.63) is 22.5 Å². The van der Waals surface area contributed by atoms with E-state index >= 15 is 0 Å². The van der Waals surface area contributed by atoms with Crippen molar-refractivity contribution in [2.24, 2.45) is 0 Å². The zero-order chi connectivity index (χ0) is 15.5. The fraction of sp³-hybridized carbons (Fsp3) is 0.727. The summed E-state index contributed by atoms with van der Waals surface area (Å²) in [6.45, 7) is 0.435. The lowest BCUT2D eigenvalue weighted by molar-refractivity contribution is -0.385. The van der Waals surface area contributed by atoms with Crippen LogP contribution in [0.2, 0.25) is 0 Å². The van der Waals surface area contributed by atoms with Gasteiger partial charge in [0.25, 0.3) is 0 Å². The third-order valence-corrected chi connectivity index (χ3v) is 5.14. The Bertz CT molecular complexity index is 586. The van der Waals surface area contributed by atoms with Crippen LogP contribution in [-0.2, 0) is 16.4 Å². The number of rotatable bonds is 6. The predicted octanol–water partition coefficient (Wildman–Crippen LogP) is -0.681. The van der Waals surface area contributed by atoms with Gasteiger partial charge in [-0.1, -0.05) is 0 Å². The van der Waals surface area contributed by atoms with Gasteiger partial charge in [0.15, 0.2) is 0 Å². The molecule has 1 unspecified atom stereocenters. The Morgan fingerprint density at radius 1 is 1.52 bits per heavy atom. The zero-order valence-corrected chi connectivity index (χ0v) is 12.2. The number of aromatic nitrogens is 2. The maximum Gasteiger partial charge on any atom is 0.306 e. The van der Waals surface area contributed by atoms with Gasteiger partial charge in [0.05, 0.1) is 29.1 Å². The molecule has 1 aromatic rings. The summed E-state index contributed by atoms with van der Waals surface area (Å²) in [6, 6.07) is 0.0788. The monoisotopic (exact) mass is 318 g/mol. The van der Waals surface area contributed by atoms with E-state index in [1.807, 2.05) is 0 Å². The van der Waals surface area contributed by atoms with Crippen molar-refractivity contribution in [2.45, 2.75) is 31.5 Å². The first-order valence-electron chi connectivity index (χ1n) is 6.64. The maximum absolute atomic E-state index is 11.3. The van der Waals surface area contributed by atoms with E-state index in [4.69, 9.17) is 0 Å². The molecule has 0 bridgehead atoms. The number of aliphatic hydroxyl groups is 1. The molecule has 2 rings (SSSR count). The minimum Gasteiger partial charge on any atom is -0.390 e. The second-order valence-electron chi connectivity index (χ2n) is 5.17. The van der Waals surface area contributed by atoms with Gasteiger partial charge < -0.3 is 10.4 Å². The molecule has 0 spiro atoms. The van der Waals surface area contributed by atoms with Crippen molar-refractivity contribution in [2.75, 3.05) is 18.1 Å². The van der Waals surface area contributed by atoms with E-state index < -0.39 is 20.9 Å². The van der Waals surface area contributed by atoms with Crippen LogP contribution in [0.3, 0.4) is 0 Å². The van der Waals surface area contributed by atoms with Crippen molar-refractivity contribution < 1.29 is 18.4 Å². The summed E-state index contributed by atoms with van der Waals surface area (Å²) >= 11 is 0. The molecule has 2 N–H and O–H groups in total. The first-order valence-corrected chi connectivity index (χ1v) is 8.46. The summed E-state index contributed by atoms with van der Waals surface area (Å²) in [5.41, 5.74) is -0.118. The smallest absolute Gasteiger partial charge is 0.306 e. The molecule has 0 aromatic carbocycles. The Morgan fingerprint density at radius 2 is 2.19 bits per heavy atom. The molecule has 1 aliphatic heterocycles. The molecule has 0 aliphatic carbocycles. The number of nitro groups is 1. The van der Waals surface area contributed by atoms with Gasteiger partial charge in [0.2, 0.25) is 0 Å². The summed E-state index contributed by atoms with van der Waals surface area (Å²) in [6.07, 6.45) is 2.73. The summed E-state index contributed by atoms with van der Waals surface area (Å²) in [5.74, 6) is 0.345. The van der Waals surface area contributed by atoms with Gasteiger partial charge in [0.1, 0.15) is 22.2 Å². The molecule has 1 aliphatic rings. The molecule has 2 heterocycles. The lowest BCUT2D eigenvalue weighted by atomic mass is 10.1. The van der Waals surface area contributed by atoms with Crippen LogP contribution < -0.4 is 5.32 Å². The Kier molecular flexibility index (Phi) is 4.91. The second-order valence-corrected chi connectivity index (χ2v) is 7.47. The van der Waals surface area contributed by atoms with E-state index in [1.165, 1.54) is 10.9 Å². The predicted molar refractivity (Wildman–Crippen MR) is 74.6 cm³/mol. The number of nitrogens with zero attached hydrogens (tertiary/aromatic N) is 3. The molecule has 21 heavy (non-hydrogen) atoms. The van der Waals surface area contributed by atoms with E-state index in [2.05, 4.69) is 10.4 Å². The SMILES string of the molecule is O=[N+]([O-])c1cnn(CC(O)CNC2CCS(=O)(=O)CC2)c1. The summed E-state index contributed by atoms with van der Waals surface area (Å²) < 4.78 is 23.9. The van der Waals surface area contributed by atoms with E-state index in [1.54, 1.807) is 0 Å². The molecule has 0 saturated carbocycles. The lowest BCUT2D eigenvalue weighted by Gasteiger charge is -2.24. The third-order valence-electron chi connectivity index (χ3n) is 3.43. The third kappa shape index (κ3) is 4.76. The minimum absolute atomic E-state index is 0.0788. The van der Waals surface area contributed by atoms with Crippen LogP contribution in [0.5, 0.6) is 0 Å². The van der Waals surface area contributed by atoms with Gasteiger partial charge in [-0.3, -0.25) is 14.8 Å². The van der Waals surface area contributed by atoms with Crippen molar-refractivity contribution in [3.63, 3.8) is 0 Å². The first-order chi connectivity index (χ1) is 9.85. The summed E-state index contributed by atoms with van der Waals surface area (Å²) in [4.78, 5) is 9.97. The molecule has 0 amide bonds. The quantitative estimate of drug-likeness (QED) is 0.525. The highest BCUT2D eigenvalue weighted by atomic mass is 32.2. The Balaban J connectivity index is 1.74. The van der Waals surface area contributed by atoms with E-state index in [9.17, 15) is 23.6 Å². The maximum atomic E-state index is 11.3. The molecular formula is C11H18N4O5S.